The van der Waals surface area contributed by atoms with Gasteiger partial charge in [0.15, 0.2) is 0 Å². The summed E-state index contributed by atoms with van der Waals surface area (Å²) in [6.45, 7) is 0. The van der Waals surface area contributed by atoms with Crippen molar-refractivity contribution in [3.63, 3.8) is 0 Å². The minimum absolute atomic E-state index is 0.452. The standard InChI is InChI=1S/C11H9N3S2/c12-10-7-4-2-1-3-6(7)8(14-10)9-11(15)13-5-16-9/h1-4H,5H2,(H2,12,14)(H,13,15)/b9-8+. The summed E-state index contributed by atoms with van der Waals surface area (Å²) in [5.74, 6) is 1.27. The number of amidine groups is 1. The molecule has 2 aliphatic heterocycles. The summed E-state index contributed by atoms with van der Waals surface area (Å²) in [5, 5.41) is 14.1. The number of rotatable bonds is 0. The van der Waals surface area contributed by atoms with Crippen LogP contribution in [-0.2, 0) is 0 Å². The average Bonchev–Trinajstić information content (AvgIpc) is 2.84. The quantitative estimate of drug-likeness (QED) is 0.484. The zero-order valence-corrected chi connectivity index (χ0v) is 9.97. The SMILES string of the molecule is N=C1N/C(=C2/SCNC2=S)c2ccccc21. The van der Waals surface area contributed by atoms with Crippen molar-refractivity contribution in [2.75, 3.05) is 5.88 Å². The fourth-order valence-electron chi connectivity index (χ4n) is 1.86. The van der Waals surface area contributed by atoms with E-state index in [-0.39, 0.29) is 0 Å². The highest BCUT2D eigenvalue weighted by molar-refractivity contribution is 8.06. The Morgan fingerprint density at radius 2 is 2.00 bits per heavy atom. The molecule has 0 aromatic heterocycles. The van der Waals surface area contributed by atoms with Crippen LogP contribution < -0.4 is 10.6 Å². The van der Waals surface area contributed by atoms with E-state index in [4.69, 9.17) is 17.6 Å². The molecule has 16 heavy (non-hydrogen) atoms. The Balaban J connectivity index is 2.20. The summed E-state index contributed by atoms with van der Waals surface area (Å²) in [6, 6.07) is 7.90. The number of nitrogens with one attached hydrogen (secondary N) is 3. The molecule has 3 rings (SSSR count). The van der Waals surface area contributed by atoms with Gasteiger partial charge in [-0.1, -0.05) is 48.2 Å². The first-order valence-corrected chi connectivity index (χ1v) is 6.27. The minimum Gasteiger partial charge on any atom is -0.366 e. The van der Waals surface area contributed by atoms with E-state index >= 15 is 0 Å². The third-order valence-corrected chi connectivity index (χ3v) is 4.06. The summed E-state index contributed by atoms with van der Waals surface area (Å²) in [4.78, 5) is 1.82. The number of thiocarbonyl (C=S) groups is 1. The number of benzene rings is 1. The van der Waals surface area contributed by atoms with Gasteiger partial charge in [-0.25, -0.2) is 0 Å². The summed E-state index contributed by atoms with van der Waals surface area (Å²) < 4.78 is 0. The van der Waals surface area contributed by atoms with Gasteiger partial charge in [-0.05, 0) is 0 Å². The van der Waals surface area contributed by atoms with Gasteiger partial charge in [-0.3, -0.25) is 5.41 Å². The molecule has 2 aliphatic rings. The molecule has 1 saturated heterocycles. The maximum absolute atomic E-state index is 7.87. The van der Waals surface area contributed by atoms with E-state index in [1.54, 1.807) is 11.8 Å². The molecule has 0 bridgehead atoms. The number of thioether (sulfide) groups is 1. The highest BCUT2D eigenvalue weighted by Gasteiger charge is 2.27. The molecule has 0 amide bonds. The van der Waals surface area contributed by atoms with Crippen molar-refractivity contribution in [1.82, 2.24) is 10.6 Å². The molecular weight excluding hydrogens is 238 g/mol. The van der Waals surface area contributed by atoms with Crippen LogP contribution in [0.2, 0.25) is 0 Å². The van der Waals surface area contributed by atoms with E-state index in [0.29, 0.717) is 5.84 Å². The van der Waals surface area contributed by atoms with Crippen molar-refractivity contribution in [3.05, 3.63) is 40.3 Å². The van der Waals surface area contributed by atoms with Gasteiger partial charge >= 0.3 is 0 Å². The van der Waals surface area contributed by atoms with Crippen LogP contribution in [0.25, 0.3) is 5.70 Å². The summed E-state index contributed by atoms with van der Waals surface area (Å²) in [5.41, 5.74) is 2.99. The Kier molecular flexibility index (Phi) is 2.22. The van der Waals surface area contributed by atoms with Gasteiger partial charge in [-0.15, -0.1) is 0 Å². The molecule has 0 saturated carbocycles. The van der Waals surface area contributed by atoms with Gasteiger partial charge in [0, 0.05) is 11.1 Å². The highest BCUT2D eigenvalue weighted by Crippen LogP contribution is 2.34. The molecule has 80 valence electrons. The normalized spacial score (nSPS) is 23.0. The van der Waals surface area contributed by atoms with Crippen molar-refractivity contribution >= 4 is 40.5 Å². The molecular formula is C11H9N3S2. The topological polar surface area (TPSA) is 47.9 Å². The highest BCUT2D eigenvalue weighted by atomic mass is 32.2. The van der Waals surface area contributed by atoms with Gasteiger partial charge in [0.25, 0.3) is 0 Å². The van der Waals surface area contributed by atoms with Gasteiger partial charge in [0.1, 0.15) is 10.8 Å². The lowest BCUT2D eigenvalue weighted by atomic mass is 10.1. The minimum atomic E-state index is 0.452. The first-order chi connectivity index (χ1) is 7.77. The maximum Gasteiger partial charge on any atom is 0.130 e. The average molecular weight is 247 g/mol. The lowest BCUT2D eigenvalue weighted by Crippen LogP contribution is -2.17. The third kappa shape index (κ3) is 1.36. The second-order valence-electron chi connectivity index (χ2n) is 3.54. The largest absolute Gasteiger partial charge is 0.366 e. The zero-order valence-electron chi connectivity index (χ0n) is 8.33. The molecule has 0 aliphatic carbocycles. The van der Waals surface area contributed by atoms with Crippen molar-refractivity contribution in [2.24, 2.45) is 0 Å². The van der Waals surface area contributed by atoms with E-state index in [2.05, 4.69) is 10.6 Å². The molecule has 3 nitrogen and oxygen atoms in total. The molecule has 0 spiro atoms. The fraction of sp³-hybridized carbons (Fsp3) is 0.0909. The van der Waals surface area contributed by atoms with Crippen molar-refractivity contribution in [1.29, 1.82) is 5.41 Å². The van der Waals surface area contributed by atoms with Gasteiger partial charge < -0.3 is 10.6 Å². The number of fused-ring (bicyclic) bond motifs is 1. The van der Waals surface area contributed by atoms with Crippen LogP contribution in [0.5, 0.6) is 0 Å². The van der Waals surface area contributed by atoms with E-state index in [1.807, 2.05) is 24.3 Å². The summed E-state index contributed by atoms with van der Waals surface area (Å²) in [6.07, 6.45) is 0. The van der Waals surface area contributed by atoms with E-state index in [1.165, 1.54) is 0 Å². The predicted octanol–water partition coefficient (Wildman–Crippen LogP) is 1.91. The maximum atomic E-state index is 7.87. The molecule has 1 aromatic carbocycles. The second kappa shape index (κ2) is 3.61. The molecule has 5 heteroatoms. The Morgan fingerprint density at radius 1 is 1.25 bits per heavy atom. The second-order valence-corrected chi connectivity index (χ2v) is 4.94. The summed E-state index contributed by atoms with van der Waals surface area (Å²) in [7, 11) is 0. The van der Waals surface area contributed by atoms with E-state index in [0.717, 1.165) is 32.6 Å². The van der Waals surface area contributed by atoms with Crippen molar-refractivity contribution in [3.8, 4) is 0 Å². The van der Waals surface area contributed by atoms with Gasteiger partial charge in [0.05, 0.1) is 16.5 Å². The third-order valence-electron chi connectivity index (χ3n) is 2.60. The first kappa shape index (κ1) is 9.86. The molecule has 0 unspecified atom stereocenters. The smallest absolute Gasteiger partial charge is 0.130 e. The number of hydrogen-bond acceptors (Lipinski definition) is 3. The fourth-order valence-corrected chi connectivity index (χ4v) is 3.18. The van der Waals surface area contributed by atoms with Crippen LogP contribution in [0.15, 0.2) is 29.2 Å². The lowest BCUT2D eigenvalue weighted by Gasteiger charge is -2.04. The molecule has 2 heterocycles. The Morgan fingerprint density at radius 3 is 2.69 bits per heavy atom. The lowest BCUT2D eigenvalue weighted by molar-refractivity contribution is 1.18. The first-order valence-electron chi connectivity index (χ1n) is 4.88. The number of hydrogen-bond donors (Lipinski definition) is 3. The molecule has 3 N–H and O–H groups in total. The monoisotopic (exact) mass is 247 g/mol. The van der Waals surface area contributed by atoms with Crippen LogP contribution in [-0.4, -0.2) is 16.7 Å². The Hall–Kier alpha value is -1.33. The van der Waals surface area contributed by atoms with Crippen LogP contribution >= 0.6 is 24.0 Å². The molecule has 0 atom stereocenters. The predicted molar refractivity (Wildman–Crippen MR) is 71.5 cm³/mol. The van der Waals surface area contributed by atoms with Crippen molar-refractivity contribution < 1.29 is 0 Å². The molecule has 1 aromatic rings. The van der Waals surface area contributed by atoms with Gasteiger partial charge in [-0.2, -0.15) is 0 Å². The van der Waals surface area contributed by atoms with E-state index in [9.17, 15) is 0 Å². The van der Waals surface area contributed by atoms with Crippen LogP contribution in [0.1, 0.15) is 11.1 Å². The Labute approximate surface area is 103 Å². The zero-order chi connectivity index (χ0) is 11.1. The van der Waals surface area contributed by atoms with Crippen LogP contribution in [0.3, 0.4) is 0 Å². The van der Waals surface area contributed by atoms with E-state index < -0.39 is 0 Å². The molecule has 0 radical (unpaired) electrons. The molecule has 1 fully saturated rings. The van der Waals surface area contributed by atoms with Gasteiger partial charge in [0.2, 0.25) is 0 Å². The van der Waals surface area contributed by atoms with Crippen LogP contribution in [0, 0.1) is 5.41 Å². The van der Waals surface area contributed by atoms with Crippen LogP contribution in [0.4, 0.5) is 0 Å². The Bertz CT molecular complexity index is 534. The summed E-state index contributed by atoms with van der Waals surface area (Å²) >= 11 is 6.93. The van der Waals surface area contributed by atoms with Crippen molar-refractivity contribution in [2.45, 2.75) is 0 Å².